The van der Waals surface area contributed by atoms with Crippen molar-refractivity contribution in [2.24, 2.45) is 5.73 Å². The molecule has 0 bridgehead atoms. The second-order valence-corrected chi connectivity index (χ2v) is 6.82. The minimum Gasteiger partial charge on any atom is -0.352 e. The molecule has 4 N–H and O–H groups in total. The third kappa shape index (κ3) is 4.81. The molecule has 0 aromatic heterocycles. The van der Waals surface area contributed by atoms with Crippen molar-refractivity contribution < 1.29 is 13.2 Å². The number of hydrogen-bond acceptors (Lipinski definition) is 3. The van der Waals surface area contributed by atoms with Gasteiger partial charge in [0.2, 0.25) is 10.0 Å². The number of rotatable bonds is 5. The number of hydrogen-bond donors (Lipinski definition) is 3. The summed E-state index contributed by atoms with van der Waals surface area (Å²) in [6.07, 6.45) is 0. The topological polar surface area (TPSA) is 101 Å². The SMILES string of the molecule is NC(=O)NCCNS(=O)(=O)c1c(Cl)cc(Br)cc1Cl. The third-order valence-corrected chi connectivity index (χ3v) is 4.79. The van der Waals surface area contributed by atoms with E-state index in [4.69, 9.17) is 28.9 Å². The van der Waals surface area contributed by atoms with E-state index in [1.54, 1.807) is 0 Å². The Kier molecular flexibility index (Phi) is 5.87. The molecule has 1 aromatic rings. The summed E-state index contributed by atoms with van der Waals surface area (Å²) in [5.74, 6) is 0. The Balaban J connectivity index is 2.86. The van der Waals surface area contributed by atoms with Crippen molar-refractivity contribution >= 4 is 55.2 Å². The fraction of sp³-hybridized carbons (Fsp3) is 0.222. The van der Waals surface area contributed by atoms with Crippen molar-refractivity contribution in [3.8, 4) is 0 Å². The van der Waals surface area contributed by atoms with Gasteiger partial charge < -0.3 is 11.1 Å². The molecule has 1 aromatic carbocycles. The van der Waals surface area contributed by atoms with E-state index < -0.39 is 16.1 Å². The summed E-state index contributed by atoms with van der Waals surface area (Å²) in [4.78, 5) is 10.2. The Morgan fingerprint density at radius 2 is 1.79 bits per heavy atom. The first-order valence-corrected chi connectivity index (χ1v) is 7.95. The minimum atomic E-state index is -3.86. The normalized spacial score (nSPS) is 11.3. The van der Waals surface area contributed by atoms with Crippen molar-refractivity contribution in [1.82, 2.24) is 10.0 Å². The number of amides is 2. The molecule has 0 unspecified atom stereocenters. The first-order chi connectivity index (χ1) is 8.74. The number of nitrogens with two attached hydrogens (primary N) is 1. The average Bonchev–Trinajstić information content (AvgIpc) is 2.22. The summed E-state index contributed by atoms with van der Waals surface area (Å²) in [6.45, 7) is 0.0221. The first kappa shape index (κ1) is 16.5. The van der Waals surface area contributed by atoms with Gasteiger partial charge in [0.15, 0.2) is 0 Å². The molecule has 0 atom stereocenters. The molecule has 0 spiro atoms. The number of urea groups is 1. The number of primary amides is 1. The molecule has 10 heteroatoms. The van der Waals surface area contributed by atoms with Crippen LogP contribution in [0, 0.1) is 0 Å². The van der Waals surface area contributed by atoms with Crippen molar-refractivity contribution in [3.05, 3.63) is 26.7 Å². The molecule has 0 aliphatic heterocycles. The molecule has 106 valence electrons. The molecule has 0 fully saturated rings. The summed E-state index contributed by atoms with van der Waals surface area (Å²) >= 11 is 14.9. The fourth-order valence-corrected chi connectivity index (χ4v) is 4.19. The molecule has 0 aliphatic rings. The van der Waals surface area contributed by atoms with Crippen LogP contribution < -0.4 is 15.8 Å². The van der Waals surface area contributed by atoms with Crippen LogP contribution in [0.5, 0.6) is 0 Å². The van der Waals surface area contributed by atoms with Gasteiger partial charge in [-0.15, -0.1) is 0 Å². The predicted molar refractivity (Wildman–Crippen MR) is 76.9 cm³/mol. The Morgan fingerprint density at radius 1 is 1.26 bits per heavy atom. The molecular formula is C9H10BrCl2N3O3S. The second kappa shape index (κ2) is 6.76. The van der Waals surface area contributed by atoms with E-state index in [0.717, 1.165) is 0 Å². The zero-order chi connectivity index (χ0) is 14.6. The first-order valence-electron chi connectivity index (χ1n) is 4.91. The van der Waals surface area contributed by atoms with Gasteiger partial charge in [-0.25, -0.2) is 17.9 Å². The number of carbonyl (C=O) groups is 1. The van der Waals surface area contributed by atoms with Crippen LogP contribution in [0.4, 0.5) is 4.79 Å². The third-order valence-electron chi connectivity index (χ3n) is 1.95. The van der Waals surface area contributed by atoms with E-state index >= 15 is 0 Å². The highest BCUT2D eigenvalue weighted by molar-refractivity contribution is 9.10. The molecule has 0 radical (unpaired) electrons. The lowest BCUT2D eigenvalue weighted by molar-refractivity contribution is 0.249. The van der Waals surface area contributed by atoms with Gasteiger partial charge in [-0.05, 0) is 12.1 Å². The highest BCUT2D eigenvalue weighted by Gasteiger charge is 2.21. The number of carbonyl (C=O) groups excluding carboxylic acids is 1. The van der Waals surface area contributed by atoms with Crippen LogP contribution in [0.3, 0.4) is 0 Å². The molecule has 2 amide bonds. The molecule has 19 heavy (non-hydrogen) atoms. The molecule has 0 aliphatic carbocycles. The Hall–Kier alpha value is -0.540. The maximum Gasteiger partial charge on any atom is 0.312 e. The van der Waals surface area contributed by atoms with Crippen molar-refractivity contribution in [1.29, 1.82) is 0 Å². The van der Waals surface area contributed by atoms with Gasteiger partial charge in [-0.3, -0.25) is 0 Å². The van der Waals surface area contributed by atoms with Gasteiger partial charge in [-0.2, -0.15) is 0 Å². The fourth-order valence-electron chi connectivity index (χ4n) is 1.23. The maximum absolute atomic E-state index is 12.0. The summed E-state index contributed by atoms with van der Waals surface area (Å²) in [5, 5.41) is 2.24. The Morgan fingerprint density at radius 3 is 2.26 bits per heavy atom. The standard InChI is InChI=1S/C9H10BrCl2N3O3S/c10-5-3-6(11)8(7(12)4-5)19(17,18)15-2-1-14-9(13)16/h3-4,15H,1-2H2,(H3,13,14,16). The van der Waals surface area contributed by atoms with E-state index in [0.29, 0.717) is 4.47 Å². The Labute approximate surface area is 128 Å². The van der Waals surface area contributed by atoms with E-state index in [-0.39, 0.29) is 28.0 Å². The summed E-state index contributed by atoms with van der Waals surface area (Å²) in [6, 6.07) is 2.10. The molecule has 6 nitrogen and oxygen atoms in total. The summed E-state index contributed by atoms with van der Waals surface area (Å²) < 4.78 is 26.8. The second-order valence-electron chi connectivity index (χ2n) is 3.39. The van der Waals surface area contributed by atoms with Gasteiger partial charge in [0.05, 0.1) is 10.0 Å². The van der Waals surface area contributed by atoms with E-state index in [2.05, 4.69) is 26.0 Å². The highest BCUT2D eigenvalue weighted by Crippen LogP contribution is 2.32. The molecular weight excluding hydrogens is 381 g/mol. The van der Waals surface area contributed by atoms with Crippen molar-refractivity contribution in [3.63, 3.8) is 0 Å². The Bertz CT molecular complexity index is 571. The van der Waals surface area contributed by atoms with Crippen LogP contribution in [-0.2, 0) is 10.0 Å². The van der Waals surface area contributed by atoms with Gasteiger partial charge in [0.1, 0.15) is 4.90 Å². The number of halogens is 3. The maximum atomic E-state index is 12.0. The monoisotopic (exact) mass is 389 g/mol. The van der Waals surface area contributed by atoms with E-state index in [1.807, 2.05) is 0 Å². The molecule has 0 saturated heterocycles. The largest absolute Gasteiger partial charge is 0.352 e. The van der Waals surface area contributed by atoms with E-state index in [1.165, 1.54) is 12.1 Å². The molecule has 1 rings (SSSR count). The van der Waals surface area contributed by atoms with Gasteiger partial charge >= 0.3 is 6.03 Å². The molecule has 0 saturated carbocycles. The quantitative estimate of drug-likeness (QED) is 0.667. The van der Waals surface area contributed by atoms with Gasteiger partial charge in [-0.1, -0.05) is 39.1 Å². The van der Waals surface area contributed by atoms with Gasteiger partial charge in [0.25, 0.3) is 0 Å². The number of benzene rings is 1. The van der Waals surface area contributed by atoms with Crippen LogP contribution in [0.1, 0.15) is 0 Å². The lowest BCUT2D eigenvalue weighted by Crippen LogP contribution is -2.37. The zero-order valence-electron chi connectivity index (χ0n) is 9.41. The highest BCUT2D eigenvalue weighted by atomic mass is 79.9. The van der Waals surface area contributed by atoms with Crippen LogP contribution in [0.15, 0.2) is 21.5 Å². The van der Waals surface area contributed by atoms with Crippen LogP contribution >= 0.6 is 39.1 Å². The number of sulfonamides is 1. The average molecular weight is 391 g/mol. The predicted octanol–water partition coefficient (Wildman–Crippen LogP) is 1.70. The van der Waals surface area contributed by atoms with Crippen molar-refractivity contribution in [2.45, 2.75) is 4.90 Å². The van der Waals surface area contributed by atoms with Crippen molar-refractivity contribution in [2.75, 3.05) is 13.1 Å². The zero-order valence-corrected chi connectivity index (χ0v) is 13.3. The summed E-state index contributed by atoms with van der Waals surface area (Å²) in [7, 11) is -3.86. The summed E-state index contributed by atoms with van der Waals surface area (Å²) in [5.41, 5.74) is 4.84. The lowest BCUT2D eigenvalue weighted by atomic mass is 10.4. The molecule has 0 heterocycles. The van der Waals surface area contributed by atoms with Crippen LogP contribution in [0.2, 0.25) is 10.0 Å². The van der Waals surface area contributed by atoms with Gasteiger partial charge in [0, 0.05) is 17.6 Å². The smallest absolute Gasteiger partial charge is 0.312 e. The number of nitrogens with one attached hydrogen (secondary N) is 2. The van der Waals surface area contributed by atoms with Crippen LogP contribution in [-0.4, -0.2) is 27.5 Å². The van der Waals surface area contributed by atoms with E-state index in [9.17, 15) is 13.2 Å². The van der Waals surface area contributed by atoms with Crippen LogP contribution in [0.25, 0.3) is 0 Å². The minimum absolute atomic E-state index is 0.00487. The lowest BCUT2D eigenvalue weighted by Gasteiger charge is -2.10.